The maximum absolute atomic E-state index is 12.7. The fraction of sp³-hybridized carbons (Fsp3) is 0.188. The molecule has 3 aromatic rings. The summed E-state index contributed by atoms with van der Waals surface area (Å²) in [5.74, 6) is 0. The predicted octanol–water partition coefficient (Wildman–Crippen LogP) is 2.69. The van der Waals surface area contributed by atoms with Gasteiger partial charge in [-0.05, 0) is 23.8 Å². The highest BCUT2D eigenvalue weighted by Crippen LogP contribution is 2.29. The van der Waals surface area contributed by atoms with E-state index in [0.29, 0.717) is 11.1 Å². The van der Waals surface area contributed by atoms with Crippen LogP contribution in [-0.4, -0.2) is 25.7 Å². The molecular weight excluding hydrogens is 373 g/mol. The largest absolute Gasteiger partial charge is 0.433 e. The molecule has 0 aliphatic rings. The first-order chi connectivity index (χ1) is 12.7. The molecular formula is C16H12F5N5O. The normalized spacial score (nSPS) is 11.8. The molecule has 0 aromatic carbocycles. The summed E-state index contributed by atoms with van der Waals surface area (Å²) < 4.78 is 65.2. The predicted molar refractivity (Wildman–Crippen MR) is 86.0 cm³/mol. The monoisotopic (exact) mass is 385 g/mol. The Morgan fingerprint density at radius 2 is 1.89 bits per heavy atom. The number of rotatable bonds is 4. The van der Waals surface area contributed by atoms with Crippen molar-refractivity contribution in [3.8, 4) is 11.1 Å². The van der Waals surface area contributed by atoms with Gasteiger partial charge in [-0.15, -0.1) is 5.10 Å². The average Bonchev–Trinajstić information content (AvgIpc) is 2.94. The first-order valence-electron chi connectivity index (χ1n) is 7.56. The van der Waals surface area contributed by atoms with Crippen LogP contribution in [0.2, 0.25) is 0 Å². The number of pyridine rings is 2. The fourth-order valence-corrected chi connectivity index (χ4v) is 2.41. The molecule has 0 aliphatic carbocycles. The second kappa shape index (κ2) is 6.91. The molecule has 0 saturated heterocycles. The standard InChI is InChI=1S/C16H12F5N5O/c17-14(18)11(6-22)8-26-15(27)25-4-3-9(5-13(25)24-26)10-1-2-12(23-7-10)16(19,20)21/h1-5,7H,6,8,22H2. The summed E-state index contributed by atoms with van der Waals surface area (Å²) in [4.78, 5) is 15.6. The van der Waals surface area contributed by atoms with Gasteiger partial charge < -0.3 is 5.73 Å². The number of hydrogen-bond donors (Lipinski definition) is 1. The summed E-state index contributed by atoms with van der Waals surface area (Å²) in [7, 11) is 0. The van der Waals surface area contributed by atoms with Gasteiger partial charge in [0.05, 0.1) is 6.54 Å². The lowest BCUT2D eigenvalue weighted by atomic mass is 10.1. The van der Waals surface area contributed by atoms with Crippen molar-refractivity contribution in [2.24, 2.45) is 5.73 Å². The van der Waals surface area contributed by atoms with Gasteiger partial charge in [0.2, 0.25) is 0 Å². The third-order valence-corrected chi connectivity index (χ3v) is 3.83. The SMILES string of the molecule is NCC(Cn1nc2cc(-c3ccc(C(F)(F)F)nc3)ccn2c1=O)=C(F)F. The first-order valence-corrected chi connectivity index (χ1v) is 7.56. The minimum Gasteiger partial charge on any atom is -0.327 e. The van der Waals surface area contributed by atoms with Crippen LogP contribution >= 0.6 is 0 Å². The van der Waals surface area contributed by atoms with E-state index < -0.39 is 42.3 Å². The molecule has 6 nitrogen and oxygen atoms in total. The van der Waals surface area contributed by atoms with Gasteiger partial charge in [0.15, 0.2) is 5.65 Å². The van der Waals surface area contributed by atoms with Crippen LogP contribution in [0.3, 0.4) is 0 Å². The Labute approximate surface area is 148 Å². The molecule has 11 heteroatoms. The molecule has 0 bridgehead atoms. The Hall–Kier alpha value is -3.08. The van der Waals surface area contributed by atoms with Crippen LogP contribution in [0.25, 0.3) is 16.8 Å². The minimum absolute atomic E-state index is 0.146. The molecule has 0 atom stereocenters. The Bertz CT molecular complexity index is 1060. The van der Waals surface area contributed by atoms with Crippen molar-refractivity contribution in [2.45, 2.75) is 12.7 Å². The van der Waals surface area contributed by atoms with Gasteiger partial charge >= 0.3 is 11.9 Å². The molecule has 0 aliphatic heterocycles. The van der Waals surface area contributed by atoms with E-state index in [9.17, 15) is 26.7 Å². The smallest absolute Gasteiger partial charge is 0.327 e. The number of halogens is 5. The van der Waals surface area contributed by atoms with Gasteiger partial charge in [-0.3, -0.25) is 9.38 Å². The molecule has 3 heterocycles. The Kier molecular flexibility index (Phi) is 4.79. The van der Waals surface area contributed by atoms with Crippen molar-refractivity contribution >= 4 is 5.65 Å². The van der Waals surface area contributed by atoms with Gasteiger partial charge in [0.1, 0.15) is 5.69 Å². The Morgan fingerprint density at radius 1 is 1.15 bits per heavy atom. The van der Waals surface area contributed by atoms with E-state index in [1.807, 2.05) is 0 Å². The number of nitrogens with two attached hydrogens (primary N) is 1. The number of alkyl halides is 3. The van der Waals surface area contributed by atoms with Crippen molar-refractivity contribution in [1.82, 2.24) is 19.2 Å². The number of fused-ring (bicyclic) bond motifs is 1. The van der Waals surface area contributed by atoms with Gasteiger partial charge in [-0.1, -0.05) is 6.07 Å². The molecule has 2 N–H and O–H groups in total. The molecule has 0 unspecified atom stereocenters. The van der Waals surface area contributed by atoms with Crippen LogP contribution in [0.15, 0.2) is 53.1 Å². The van der Waals surface area contributed by atoms with Gasteiger partial charge in [0.25, 0.3) is 6.08 Å². The van der Waals surface area contributed by atoms with E-state index in [2.05, 4.69) is 10.1 Å². The van der Waals surface area contributed by atoms with E-state index >= 15 is 0 Å². The fourth-order valence-electron chi connectivity index (χ4n) is 2.41. The van der Waals surface area contributed by atoms with Gasteiger partial charge in [-0.25, -0.2) is 9.48 Å². The summed E-state index contributed by atoms with van der Waals surface area (Å²) in [6.45, 7) is -0.887. The summed E-state index contributed by atoms with van der Waals surface area (Å²) in [6, 6.07) is 5.01. The van der Waals surface area contributed by atoms with E-state index in [-0.39, 0.29) is 5.65 Å². The number of hydrogen-bond acceptors (Lipinski definition) is 4. The zero-order valence-corrected chi connectivity index (χ0v) is 13.5. The first kappa shape index (κ1) is 18.7. The topological polar surface area (TPSA) is 78.2 Å². The second-order valence-electron chi connectivity index (χ2n) is 5.58. The zero-order chi connectivity index (χ0) is 19.8. The van der Waals surface area contributed by atoms with Crippen LogP contribution in [0.4, 0.5) is 22.0 Å². The Morgan fingerprint density at radius 3 is 2.44 bits per heavy atom. The minimum atomic E-state index is -4.55. The third kappa shape index (κ3) is 3.72. The highest BCUT2D eigenvalue weighted by Gasteiger charge is 2.32. The van der Waals surface area contributed by atoms with Crippen molar-refractivity contribution in [3.63, 3.8) is 0 Å². The lowest BCUT2D eigenvalue weighted by molar-refractivity contribution is -0.141. The molecule has 142 valence electrons. The molecule has 3 rings (SSSR count). The second-order valence-corrected chi connectivity index (χ2v) is 5.58. The Balaban J connectivity index is 1.99. The van der Waals surface area contributed by atoms with Crippen LogP contribution in [0, 0.1) is 0 Å². The van der Waals surface area contributed by atoms with Crippen molar-refractivity contribution in [2.75, 3.05) is 6.54 Å². The maximum atomic E-state index is 12.7. The molecule has 27 heavy (non-hydrogen) atoms. The van der Waals surface area contributed by atoms with Crippen molar-refractivity contribution in [3.05, 3.63) is 64.5 Å². The van der Waals surface area contributed by atoms with E-state index in [0.717, 1.165) is 21.3 Å². The van der Waals surface area contributed by atoms with Crippen LogP contribution in [-0.2, 0) is 12.7 Å². The van der Waals surface area contributed by atoms with Gasteiger partial charge in [-0.2, -0.15) is 22.0 Å². The van der Waals surface area contributed by atoms with Crippen LogP contribution in [0.1, 0.15) is 5.69 Å². The molecule has 0 saturated carbocycles. The summed E-state index contributed by atoms with van der Waals surface area (Å²) in [6.07, 6.45) is -4.12. The van der Waals surface area contributed by atoms with E-state index in [1.54, 1.807) is 0 Å². The molecule has 0 radical (unpaired) electrons. The molecule has 0 amide bonds. The van der Waals surface area contributed by atoms with Gasteiger partial charge in [0, 0.05) is 30.1 Å². The summed E-state index contributed by atoms with van der Waals surface area (Å²) >= 11 is 0. The zero-order valence-electron chi connectivity index (χ0n) is 13.5. The maximum Gasteiger partial charge on any atom is 0.433 e. The van der Waals surface area contributed by atoms with E-state index in [1.165, 1.54) is 24.4 Å². The summed E-state index contributed by atoms with van der Waals surface area (Å²) in [5, 5.41) is 3.97. The lowest BCUT2D eigenvalue weighted by Crippen LogP contribution is -2.24. The number of aromatic nitrogens is 4. The molecule has 3 aromatic heterocycles. The van der Waals surface area contributed by atoms with Crippen molar-refractivity contribution in [1.29, 1.82) is 0 Å². The molecule has 0 fully saturated rings. The van der Waals surface area contributed by atoms with Crippen LogP contribution in [0.5, 0.6) is 0 Å². The lowest BCUT2D eigenvalue weighted by Gasteiger charge is -2.06. The quantitative estimate of drug-likeness (QED) is 0.701. The highest BCUT2D eigenvalue weighted by atomic mass is 19.4. The molecule has 0 spiro atoms. The highest BCUT2D eigenvalue weighted by molar-refractivity contribution is 5.66. The van der Waals surface area contributed by atoms with Crippen molar-refractivity contribution < 1.29 is 22.0 Å². The third-order valence-electron chi connectivity index (χ3n) is 3.83. The average molecular weight is 385 g/mol. The van der Waals surface area contributed by atoms with E-state index in [4.69, 9.17) is 5.73 Å². The van der Waals surface area contributed by atoms with Crippen LogP contribution < -0.4 is 11.4 Å². The summed E-state index contributed by atoms with van der Waals surface area (Å²) in [5.41, 5.74) is 4.13. The number of nitrogens with zero attached hydrogens (tertiary/aromatic N) is 4.